The molecule has 0 aliphatic rings. The van der Waals surface area contributed by atoms with E-state index in [1.165, 1.54) is 0 Å². The molecule has 0 radical (unpaired) electrons. The van der Waals surface area contributed by atoms with Gasteiger partial charge in [-0.25, -0.2) is 0 Å². The second-order valence-electron chi connectivity index (χ2n) is 5.52. The first kappa shape index (κ1) is 16.9. The van der Waals surface area contributed by atoms with E-state index in [9.17, 15) is 4.79 Å². The molecule has 0 aliphatic heterocycles. The number of nitrogens with zero attached hydrogens (tertiary/aromatic N) is 1. The number of rotatable bonds is 6. The van der Waals surface area contributed by atoms with E-state index in [-0.39, 0.29) is 11.8 Å². The van der Waals surface area contributed by atoms with Crippen molar-refractivity contribution in [3.63, 3.8) is 0 Å². The summed E-state index contributed by atoms with van der Waals surface area (Å²) in [6.45, 7) is 6.00. The van der Waals surface area contributed by atoms with Gasteiger partial charge in [-0.1, -0.05) is 19.0 Å². The number of nitrogens with one attached hydrogen (secondary N) is 1. The number of benzene rings is 1. The Bertz CT molecular complexity index is 692. The zero-order valence-electron chi connectivity index (χ0n) is 14.1. The number of carbonyl (C=O) groups excluding carboxylic acids is 1. The lowest BCUT2D eigenvalue weighted by atomic mass is 10.0. The van der Waals surface area contributed by atoms with E-state index in [0.717, 1.165) is 5.56 Å². The highest BCUT2D eigenvalue weighted by Crippen LogP contribution is 2.25. The normalized spacial score (nSPS) is 10.7. The smallest absolute Gasteiger partial charge is 0.257 e. The summed E-state index contributed by atoms with van der Waals surface area (Å²) in [5.74, 6) is 1.87. The van der Waals surface area contributed by atoms with E-state index in [1.54, 1.807) is 21.1 Å². The third-order valence-electron chi connectivity index (χ3n) is 3.57. The first-order valence-electron chi connectivity index (χ1n) is 7.43. The van der Waals surface area contributed by atoms with Crippen molar-refractivity contribution in [3.8, 4) is 11.5 Å². The zero-order chi connectivity index (χ0) is 17.0. The Balaban J connectivity index is 2.18. The lowest BCUT2D eigenvalue weighted by Crippen LogP contribution is -2.24. The summed E-state index contributed by atoms with van der Waals surface area (Å²) >= 11 is 0. The molecular weight excluding hydrogens is 296 g/mol. The van der Waals surface area contributed by atoms with Gasteiger partial charge < -0.3 is 19.3 Å². The molecule has 124 valence electrons. The van der Waals surface area contributed by atoms with Crippen molar-refractivity contribution in [3.05, 3.63) is 40.8 Å². The van der Waals surface area contributed by atoms with Crippen molar-refractivity contribution in [1.29, 1.82) is 0 Å². The molecule has 2 aromatic rings. The molecule has 6 heteroatoms. The first-order valence-corrected chi connectivity index (χ1v) is 7.43. The van der Waals surface area contributed by atoms with E-state index in [1.807, 2.05) is 32.0 Å². The molecule has 2 rings (SSSR count). The van der Waals surface area contributed by atoms with Crippen LogP contribution < -0.4 is 14.8 Å². The lowest BCUT2D eigenvalue weighted by Gasteiger charge is -2.12. The Kier molecular flexibility index (Phi) is 5.26. The van der Waals surface area contributed by atoms with Gasteiger partial charge in [0.1, 0.15) is 17.1 Å². The summed E-state index contributed by atoms with van der Waals surface area (Å²) in [7, 11) is 3.19. The summed E-state index contributed by atoms with van der Waals surface area (Å²) in [6, 6.07) is 5.46. The van der Waals surface area contributed by atoms with Gasteiger partial charge in [-0.15, -0.1) is 0 Å². The van der Waals surface area contributed by atoms with Crippen LogP contribution in [0.1, 0.15) is 47.1 Å². The van der Waals surface area contributed by atoms with Crippen molar-refractivity contribution in [1.82, 2.24) is 10.5 Å². The molecular formula is C17H22N2O4. The number of hydrogen-bond acceptors (Lipinski definition) is 5. The Morgan fingerprint density at radius 1 is 1.30 bits per heavy atom. The number of carbonyl (C=O) groups is 1. The molecule has 0 unspecified atom stereocenters. The van der Waals surface area contributed by atoms with E-state index < -0.39 is 0 Å². The molecule has 0 bridgehead atoms. The minimum Gasteiger partial charge on any atom is -0.497 e. The molecule has 1 aromatic heterocycles. The van der Waals surface area contributed by atoms with E-state index >= 15 is 0 Å². The quantitative estimate of drug-likeness (QED) is 0.886. The number of aromatic nitrogens is 1. The predicted molar refractivity (Wildman–Crippen MR) is 86.0 cm³/mol. The summed E-state index contributed by atoms with van der Waals surface area (Å²) in [6.07, 6.45) is 0. The summed E-state index contributed by atoms with van der Waals surface area (Å²) in [4.78, 5) is 12.5. The maximum atomic E-state index is 12.5. The number of amides is 1. The van der Waals surface area contributed by atoms with E-state index in [2.05, 4.69) is 10.5 Å². The van der Waals surface area contributed by atoms with Crippen LogP contribution in [-0.2, 0) is 6.54 Å². The third kappa shape index (κ3) is 3.64. The standard InChI is InChI=1S/C17H22N2O4/c1-10(2)16-15(11(3)19-23-16)17(20)18-9-12-8-13(21-4)6-7-14(12)22-5/h6-8,10H,9H2,1-5H3,(H,18,20). The fourth-order valence-corrected chi connectivity index (χ4v) is 2.34. The van der Waals surface area contributed by atoms with Crippen LogP contribution in [-0.4, -0.2) is 25.3 Å². The Hall–Kier alpha value is -2.50. The predicted octanol–water partition coefficient (Wildman–Crippen LogP) is 3.05. The second-order valence-corrected chi connectivity index (χ2v) is 5.52. The van der Waals surface area contributed by atoms with Crippen LogP contribution in [0.3, 0.4) is 0 Å². The van der Waals surface area contributed by atoms with Gasteiger partial charge in [0.2, 0.25) is 0 Å². The average molecular weight is 318 g/mol. The number of aryl methyl sites for hydroxylation is 1. The highest BCUT2D eigenvalue weighted by Gasteiger charge is 2.22. The van der Waals surface area contributed by atoms with Gasteiger partial charge >= 0.3 is 0 Å². The zero-order valence-corrected chi connectivity index (χ0v) is 14.1. The van der Waals surface area contributed by atoms with Crippen molar-refractivity contribution in [2.24, 2.45) is 0 Å². The largest absolute Gasteiger partial charge is 0.497 e. The van der Waals surface area contributed by atoms with Crippen LogP contribution in [0.4, 0.5) is 0 Å². The van der Waals surface area contributed by atoms with Crippen molar-refractivity contribution < 1.29 is 18.8 Å². The SMILES string of the molecule is COc1ccc(OC)c(CNC(=O)c2c(C)noc2C(C)C)c1. The number of ether oxygens (including phenoxy) is 2. The van der Waals surface area contributed by atoms with Gasteiger partial charge in [0.15, 0.2) is 5.76 Å². The maximum Gasteiger partial charge on any atom is 0.257 e. The monoisotopic (exact) mass is 318 g/mol. The first-order chi connectivity index (χ1) is 11.0. The molecule has 6 nitrogen and oxygen atoms in total. The summed E-state index contributed by atoms with van der Waals surface area (Å²) in [5.41, 5.74) is 1.92. The fraction of sp³-hybridized carbons (Fsp3) is 0.412. The van der Waals surface area contributed by atoms with Crippen LogP contribution >= 0.6 is 0 Å². The van der Waals surface area contributed by atoms with Crippen LogP contribution in [0.5, 0.6) is 11.5 Å². The van der Waals surface area contributed by atoms with E-state index in [4.69, 9.17) is 14.0 Å². The van der Waals surface area contributed by atoms with Gasteiger partial charge in [0.05, 0.1) is 19.9 Å². The van der Waals surface area contributed by atoms with Gasteiger partial charge in [0.25, 0.3) is 5.91 Å². The topological polar surface area (TPSA) is 73.6 Å². The molecule has 0 saturated heterocycles. The molecule has 1 aromatic carbocycles. The molecule has 23 heavy (non-hydrogen) atoms. The van der Waals surface area contributed by atoms with Crippen molar-refractivity contribution >= 4 is 5.91 Å². The van der Waals surface area contributed by atoms with Crippen LogP contribution in [0.2, 0.25) is 0 Å². The van der Waals surface area contributed by atoms with Crippen molar-refractivity contribution in [2.45, 2.75) is 33.2 Å². The number of hydrogen-bond donors (Lipinski definition) is 1. The number of methoxy groups -OCH3 is 2. The third-order valence-corrected chi connectivity index (χ3v) is 3.57. The highest BCUT2D eigenvalue weighted by atomic mass is 16.5. The van der Waals surface area contributed by atoms with Crippen LogP contribution in [0, 0.1) is 6.92 Å². The molecule has 0 saturated carbocycles. The van der Waals surface area contributed by atoms with Gasteiger partial charge in [0, 0.05) is 18.0 Å². The van der Waals surface area contributed by atoms with E-state index in [0.29, 0.717) is 35.1 Å². The Morgan fingerprint density at radius 3 is 2.65 bits per heavy atom. The average Bonchev–Trinajstić information content (AvgIpc) is 2.94. The van der Waals surface area contributed by atoms with Crippen molar-refractivity contribution in [2.75, 3.05) is 14.2 Å². The Morgan fingerprint density at radius 2 is 2.04 bits per heavy atom. The maximum absolute atomic E-state index is 12.5. The molecule has 1 amide bonds. The lowest BCUT2D eigenvalue weighted by molar-refractivity contribution is 0.0947. The molecule has 0 aliphatic carbocycles. The van der Waals surface area contributed by atoms with Crippen LogP contribution in [0.15, 0.2) is 22.7 Å². The molecule has 1 N–H and O–H groups in total. The van der Waals surface area contributed by atoms with Gasteiger partial charge in [-0.3, -0.25) is 4.79 Å². The van der Waals surface area contributed by atoms with Gasteiger partial charge in [-0.05, 0) is 25.1 Å². The fourth-order valence-electron chi connectivity index (χ4n) is 2.34. The molecule has 0 spiro atoms. The second kappa shape index (κ2) is 7.17. The molecule has 0 fully saturated rings. The Labute approximate surface area is 135 Å². The highest BCUT2D eigenvalue weighted by molar-refractivity contribution is 5.96. The summed E-state index contributed by atoms with van der Waals surface area (Å²) < 4.78 is 15.8. The van der Waals surface area contributed by atoms with Gasteiger partial charge in [-0.2, -0.15) is 0 Å². The summed E-state index contributed by atoms with van der Waals surface area (Å²) in [5, 5.41) is 6.78. The minimum atomic E-state index is -0.211. The molecule has 1 heterocycles. The van der Waals surface area contributed by atoms with Crippen LogP contribution in [0.25, 0.3) is 0 Å². The minimum absolute atomic E-state index is 0.0864. The molecule has 0 atom stereocenters.